The lowest BCUT2D eigenvalue weighted by atomic mass is 9.94. The molecule has 0 radical (unpaired) electrons. The molecule has 5 heteroatoms. The lowest BCUT2D eigenvalue weighted by Gasteiger charge is -2.28. The molecule has 0 bridgehead atoms. The Morgan fingerprint density at radius 3 is 2.26 bits per heavy atom. The van der Waals surface area contributed by atoms with E-state index in [4.69, 9.17) is 4.74 Å². The van der Waals surface area contributed by atoms with Crippen molar-refractivity contribution in [1.29, 1.82) is 0 Å². The first-order valence-electron chi connectivity index (χ1n) is 8.13. The first kappa shape index (κ1) is 17.3. The van der Waals surface area contributed by atoms with Crippen LogP contribution in [0.25, 0.3) is 0 Å². The predicted octanol–water partition coefficient (Wildman–Crippen LogP) is 2.90. The maximum Gasteiger partial charge on any atom is 0.410 e. The summed E-state index contributed by atoms with van der Waals surface area (Å²) in [6.45, 7) is 8.46. The molecule has 0 atom stereocenters. The Labute approximate surface area is 138 Å². The quantitative estimate of drug-likeness (QED) is 0.842. The molecular formula is C18H26N2O3. The fourth-order valence-corrected chi connectivity index (χ4v) is 2.59. The molecular weight excluding hydrogens is 292 g/mol. The lowest BCUT2D eigenvalue weighted by Crippen LogP contribution is -2.42. The molecule has 2 amide bonds. The van der Waals surface area contributed by atoms with Gasteiger partial charge in [-0.2, -0.15) is 0 Å². The number of hydrogen-bond acceptors (Lipinski definition) is 3. The number of hydrogen-bond donors (Lipinski definition) is 0. The van der Waals surface area contributed by atoms with Gasteiger partial charge in [-0.1, -0.05) is 51.1 Å². The summed E-state index contributed by atoms with van der Waals surface area (Å²) in [6.07, 6.45) is 0.473. The predicted molar refractivity (Wildman–Crippen MR) is 88.9 cm³/mol. The van der Waals surface area contributed by atoms with E-state index in [0.29, 0.717) is 26.2 Å². The summed E-state index contributed by atoms with van der Waals surface area (Å²) in [7, 11) is 0. The van der Waals surface area contributed by atoms with Gasteiger partial charge < -0.3 is 14.5 Å². The Morgan fingerprint density at radius 1 is 1.00 bits per heavy atom. The van der Waals surface area contributed by atoms with Crippen molar-refractivity contribution in [3.05, 3.63) is 35.9 Å². The van der Waals surface area contributed by atoms with Crippen molar-refractivity contribution in [2.45, 2.75) is 33.8 Å². The van der Waals surface area contributed by atoms with Gasteiger partial charge in [-0.05, 0) is 12.0 Å². The average molecular weight is 318 g/mol. The van der Waals surface area contributed by atoms with E-state index in [0.717, 1.165) is 12.0 Å². The highest BCUT2D eigenvalue weighted by molar-refractivity contribution is 5.81. The second-order valence-electron chi connectivity index (χ2n) is 6.92. The highest BCUT2D eigenvalue weighted by Gasteiger charge is 2.29. The van der Waals surface area contributed by atoms with Gasteiger partial charge >= 0.3 is 6.09 Å². The van der Waals surface area contributed by atoms with Gasteiger partial charge in [-0.3, -0.25) is 4.79 Å². The first-order chi connectivity index (χ1) is 10.9. The minimum atomic E-state index is -0.386. The van der Waals surface area contributed by atoms with Crippen LogP contribution in [0.3, 0.4) is 0 Å². The van der Waals surface area contributed by atoms with Crippen LogP contribution in [0.15, 0.2) is 30.3 Å². The average Bonchev–Trinajstić information content (AvgIpc) is 2.78. The standard InChI is InChI=1S/C18H26N2O3/c1-18(2,3)16(21)19-10-7-11-20(13-12-19)17(22)23-14-15-8-5-4-6-9-15/h4-6,8-9H,7,10-14H2,1-3H3. The van der Waals surface area contributed by atoms with Crippen LogP contribution in [0, 0.1) is 5.41 Å². The molecule has 126 valence electrons. The zero-order valence-corrected chi connectivity index (χ0v) is 14.2. The minimum Gasteiger partial charge on any atom is -0.445 e. The largest absolute Gasteiger partial charge is 0.445 e. The summed E-state index contributed by atoms with van der Waals surface area (Å²) in [5.41, 5.74) is 0.586. The molecule has 1 aliphatic heterocycles. The van der Waals surface area contributed by atoms with E-state index in [2.05, 4.69) is 0 Å². The van der Waals surface area contributed by atoms with Gasteiger partial charge in [0.25, 0.3) is 0 Å². The van der Waals surface area contributed by atoms with Crippen LogP contribution in [0.2, 0.25) is 0 Å². The fraction of sp³-hybridized carbons (Fsp3) is 0.556. The third-order valence-electron chi connectivity index (χ3n) is 3.89. The number of benzene rings is 1. The van der Waals surface area contributed by atoms with Crippen LogP contribution < -0.4 is 0 Å². The SMILES string of the molecule is CC(C)(C)C(=O)N1CCCN(C(=O)OCc2ccccc2)CC1. The topological polar surface area (TPSA) is 49.9 Å². The maximum absolute atomic E-state index is 12.4. The molecule has 0 unspecified atom stereocenters. The molecule has 2 rings (SSSR count). The van der Waals surface area contributed by atoms with Crippen LogP contribution in [0.4, 0.5) is 4.79 Å². The van der Waals surface area contributed by atoms with Gasteiger partial charge in [0.2, 0.25) is 5.91 Å². The number of amides is 2. The van der Waals surface area contributed by atoms with Crippen molar-refractivity contribution in [2.24, 2.45) is 5.41 Å². The summed E-state index contributed by atoms with van der Waals surface area (Å²) < 4.78 is 5.37. The van der Waals surface area contributed by atoms with Gasteiger partial charge in [-0.15, -0.1) is 0 Å². The van der Waals surface area contributed by atoms with Gasteiger partial charge in [-0.25, -0.2) is 4.79 Å². The van der Waals surface area contributed by atoms with Gasteiger partial charge in [0.1, 0.15) is 6.61 Å². The zero-order chi connectivity index (χ0) is 16.9. The summed E-state index contributed by atoms with van der Waals surface area (Å²) in [4.78, 5) is 28.1. The Kier molecular flexibility index (Phi) is 5.64. The number of ether oxygens (including phenoxy) is 1. The van der Waals surface area contributed by atoms with Gasteiger partial charge in [0, 0.05) is 31.6 Å². The van der Waals surface area contributed by atoms with Crippen molar-refractivity contribution in [1.82, 2.24) is 9.80 Å². The second-order valence-corrected chi connectivity index (χ2v) is 6.92. The van der Waals surface area contributed by atoms with Crippen molar-refractivity contribution in [3.8, 4) is 0 Å². The van der Waals surface area contributed by atoms with E-state index in [9.17, 15) is 9.59 Å². The van der Waals surface area contributed by atoms with Crippen molar-refractivity contribution < 1.29 is 14.3 Å². The van der Waals surface area contributed by atoms with E-state index in [1.165, 1.54) is 0 Å². The molecule has 1 aromatic rings. The van der Waals surface area contributed by atoms with E-state index < -0.39 is 0 Å². The lowest BCUT2D eigenvalue weighted by molar-refractivity contribution is -0.139. The molecule has 1 heterocycles. The molecule has 23 heavy (non-hydrogen) atoms. The van der Waals surface area contributed by atoms with E-state index in [-0.39, 0.29) is 24.0 Å². The maximum atomic E-state index is 12.4. The molecule has 1 saturated heterocycles. The van der Waals surface area contributed by atoms with Crippen molar-refractivity contribution in [3.63, 3.8) is 0 Å². The summed E-state index contributed by atoms with van der Waals surface area (Å²) in [6, 6.07) is 9.63. The Morgan fingerprint density at radius 2 is 1.61 bits per heavy atom. The highest BCUT2D eigenvalue weighted by Crippen LogP contribution is 2.19. The zero-order valence-electron chi connectivity index (χ0n) is 14.2. The number of nitrogens with zero attached hydrogens (tertiary/aromatic N) is 2. The third-order valence-corrected chi connectivity index (χ3v) is 3.89. The van der Waals surface area contributed by atoms with E-state index >= 15 is 0 Å². The summed E-state index contributed by atoms with van der Waals surface area (Å²) in [5, 5.41) is 0. The molecule has 0 aliphatic carbocycles. The highest BCUT2D eigenvalue weighted by atomic mass is 16.6. The Balaban J connectivity index is 1.85. The molecule has 5 nitrogen and oxygen atoms in total. The van der Waals surface area contributed by atoms with Crippen molar-refractivity contribution in [2.75, 3.05) is 26.2 Å². The number of carbonyl (C=O) groups excluding carboxylic acids is 2. The number of rotatable bonds is 2. The fourth-order valence-electron chi connectivity index (χ4n) is 2.59. The Bertz CT molecular complexity index is 537. The molecule has 0 aromatic heterocycles. The van der Waals surface area contributed by atoms with E-state index in [1.807, 2.05) is 56.0 Å². The molecule has 0 spiro atoms. The van der Waals surface area contributed by atoms with Crippen LogP contribution in [0.5, 0.6) is 0 Å². The van der Waals surface area contributed by atoms with Gasteiger partial charge in [0.15, 0.2) is 0 Å². The first-order valence-corrected chi connectivity index (χ1v) is 8.13. The molecule has 1 aromatic carbocycles. The van der Waals surface area contributed by atoms with Gasteiger partial charge in [0.05, 0.1) is 0 Å². The molecule has 0 N–H and O–H groups in total. The summed E-state index contributed by atoms with van der Waals surface area (Å²) in [5.74, 6) is 0.136. The normalized spacial score (nSPS) is 16.0. The molecule has 1 aliphatic rings. The number of carbonyl (C=O) groups is 2. The van der Waals surface area contributed by atoms with Crippen LogP contribution in [-0.4, -0.2) is 48.0 Å². The molecule has 1 fully saturated rings. The van der Waals surface area contributed by atoms with Crippen LogP contribution in [-0.2, 0) is 16.1 Å². The third kappa shape index (κ3) is 4.98. The minimum absolute atomic E-state index is 0.136. The smallest absolute Gasteiger partial charge is 0.410 e. The van der Waals surface area contributed by atoms with Crippen LogP contribution in [0.1, 0.15) is 32.8 Å². The monoisotopic (exact) mass is 318 g/mol. The van der Waals surface area contributed by atoms with E-state index in [1.54, 1.807) is 4.90 Å². The second kappa shape index (κ2) is 7.49. The van der Waals surface area contributed by atoms with Crippen molar-refractivity contribution >= 4 is 12.0 Å². The summed E-state index contributed by atoms with van der Waals surface area (Å²) >= 11 is 0. The van der Waals surface area contributed by atoms with Crippen LogP contribution >= 0.6 is 0 Å². The Hall–Kier alpha value is -2.04. The molecule has 0 saturated carbocycles.